The zero-order valence-corrected chi connectivity index (χ0v) is 10.5. The van der Waals surface area contributed by atoms with Gasteiger partial charge in [0, 0.05) is 5.56 Å². The molecule has 5 nitrogen and oxygen atoms in total. The second-order valence-electron chi connectivity index (χ2n) is 4.74. The normalized spacial score (nSPS) is 22.7. The first-order chi connectivity index (χ1) is 8.10. The zero-order valence-electron chi connectivity index (χ0n) is 10.5. The van der Waals surface area contributed by atoms with Gasteiger partial charge in [0.05, 0.1) is 11.6 Å². The molecule has 0 saturated heterocycles. The molecule has 1 N–H and O–H groups in total. The summed E-state index contributed by atoms with van der Waals surface area (Å²) in [4.78, 5) is 14.3. The molecule has 5 heteroatoms. The second-order valence-corrected chi connectivity index (χ2v) is 4.74. The van der Waals surface area contributed by atoms with Crippen molar-refractivity contribution < 1.29 is 4.79 Å². The van der Waals surface area contributed by atoms with Gasteiger partial charge in [-0.1, -0.05) is 6.92 Å². The Kier molecular flexibility index (Phi) is 3.11. The standard InChI is InChI=1S/C12H18N4O/c1-4-12(6-8-16(2)3)9-5-7-13-15-10(9)14-11(12)17/h5,7H,4,6,8H2,1-3H3,(H,14,15,17). The molecule has 1 amide bonds. The summed E-state index contributed by atoms with van der Waals surface area (Å²) in [5, 5.41) is 10.6. The maximum absolute atomic E-state index is 12.2. The van der Waals surface area contributed by atoms with E-state index in [9.17, 15) is 4.79 Å². The van der Waals surface area contributed by atoms with Crippen molar-refractivity contribution in [1.82, 2.24) is 15.1 Å². The summed E-state index contributed by atoms with van der Waals surface area (Å²) in [7, 11) is 4.03. The topological polar surface area (TPSA) is 58.1 Å². The molecule has 0 aliphatic carbocycles. The Morgan fingerprint density at radius 3 is 2.88 bits per heavy atom. The minimum absolute atomic E-state index is 0.0531. The first-order valence-electron chi connectivity index (χ1n) is 5.88. The zero-order chi connectivity index (χ0) is 12.5. The van der Waals surface area contributed by atoms with E-state index < -0.39 is 5.41 Å². The number of hydrogen-bond donors (Lipinski definition) is 1. The molecule has 1 aromatic heterocycles. The van der Waals surface area contributed by atoms with E-state index in [0.717, 1.165) is 24.9 Å². The first kappa shape index (κ1) is 12.0. The van der Waals surface area contributed by atoms with Crippen molar-refractivity contribution >= 4 is 11.7 Å². The first-order valence-corrected chi connectivity index (χ1v) is 5.88. The maximum Gasteiger partial charge on any atom is 0.236 e. The van der Waals surface area contributed by atoms with Crippen molar-refractivity contribution in [3.63, 3.8) is 0 Å². The van der Waals surface area contributed by atoms with E-state index in [2.05, 4.69) is 20.4 Å². The lowest BCUT2D eigenvalue weighted by Gasteiger charge is -2.27. The van der Waals surface area contributed by atoms with Crippen molar-refractivity contribution in [2.24, 2.45) is 0 Å². The molecule has 0 fully saturated rings. The third-order valence-electron chi connectivity index (χ3n) is 3.49. The quantitative estimate of drug-likeness (QED) is 0.845. The number of carbonyl (C=O) groups is 1. The van der Waals surface area contributed by atoms with E-state index >= 15 is 0 Å². The predicted octanol–water partition coefficient (Wildman–Crippen LogP) is 1.03. The van der Waals surface area contributed by atoms with Crippen LogP contribution in [0.15, 0.2) is 12.3 Å². The monoisotopic (exact) mass is 234 g/mol. The minimum atomic E-state index is -0.435. The number of anilines is 1. The van der Waals surface area contributed by atoms with Crippen LogP contribution in [0.5, 0.6) is 0 Å². The van der Waals surface area contributed by atoms with Gasteiger partial charge in [0.2, 0.25) is 5.91 Å². The van der Waals surface area contributed by atoms with Gasteiger partial charge in [0.1, 0.15) is 0 Å². The van der Waals surface area contributed by atoms with Crippen molar-refractivity contribution in [1.29, 1.82) is 0 Å². The Bertz CT molecular complexity index is 432. The largest absolute Gasteiger partial charge is 0.309 e. The number of aromatic nitrogens is 2. The average molecular weight is 234 g/mol. The fourth-order valence-corrected chi connectivity index (χ4v) is 2.35. The van der Waals surface area contributed by atoms with Crippen molar-refractivity contribution in [3.05, 3.63) is 17.8 Å². The molecule has 0 aromatic carbocycles. The summed E-state index contributed by atoms with van der Waals surface area (Å²) < 4.78 is 0. The van der Waals surface area contributed by atoms with Crippen molar-refractivity contribution in [2.75, 3.05) is 26.0 Å². The number of rotatable bonds is 4. The molecule has 2 rings (SSSR count). The molecule has 0 bridgehead atoms. The van der Waals surface area contributed by atoms with Gasteiger partial charge in [-0.2, -0.15) is 5.10 Å². The van der Waals surface area contributed by atoms with Gasteiger partial charge in [0.25, 0.3) is 0 Å². The van der Waals surface area contributed by atoms with Gasteiger partial charge in [0.15, 0.2) is 5.82 Å². The molecule has 1 atom stereocenters. The lowest BCUT2D eigenvalue weighted by molar-refractivity contribution is -0.121. The maximum atomic E-state index is 12.2. The molecule has 1 aliphatic rings. The number of hydrogen-bond acceptors (Lipinski definition) is 4. The smallest absolute Gasteiger partial charge is 0.236 e. The van der Waals surface area contributed by atoms with Gasteiger partial charge in [-0.15, -0.1) is 5.10 Å². The lowest BCUT2D eigenvalue weighted by Crippen LogP contribution is -2.36. The number of nitrogens with one attached hydrogen (secondary N) is 1. The summed E-state index contributed by atoms with van der Waals surface area (Å²) in [6.45, 7) is 2.92. The molecule has 92 valence electrons. The van der Waals surface area contributed by atoms with E-state index in [-0.39, 0.29) is 5.91 Å². The van der Waals surface area contributed by atoms with Crippen LogP contribution in [0.25, 0.3) is 0 Å². The Hall–Kier alpha value is -1.49. The molecule has 0 saturated carbocycles. The van der Waals surface area contributed by atoms with Crippen molar-refractivity contribution in [3.8, 4) is 0 Å². The summed E-state index contributed by atoms with van der Waals surface area (Å²) in [5.74, 6) is 0.676. The van der Waals surface area contributed by atoms with Crippen LogP contribution in [0, 0.1) is 0 Å². The van der Waals surface area contributed by atoms with Crippen LogP contribution in [0.2, 0.25) is 0 Å². The molecular formula is C12H18N4O. The van der Waals surface area contributed by atoms with E-state index in [4.69, 9.17) is 0 Å². The third-order valence-corrected chi connectivity index (χ3v) is 3.49. The fraction of sp³-hybridized carbons (Fsp3) is 0.583. The Labute approximate surface area is 101 Å². The van der Waals surface area contributed by atoms with Gasteiger partial charge in [-0.3, -0.25) is 4.79 Å². The summed E-state index contributed by atoms with van der Waals surface area (Å²) in [6.07, 6.45) is 3.24. The van der Waals surface area contributed by atoms with Crippen LogP contribution in [-0.2, 0) is 10.2 Å². The second kappa shape index (κ2) is 4.41. The average Bonchev–Trinajstić information content (AvgIpc) is 2.59. The highest BCUT2D eigenvalue weighted by Crippen LogP contribution is 2.41. The van der Waals surface area contributed by atoms with E-state index in [1.807, 2.05) is 27.1 Å². The highest BCUT2D eigenvalue weighted by atomic mass is 16.2. The Balaban J connectivity index is 2.36. The summed E-state index contributed by atoms with van der Waals surface area (Å²) >= 11 is 0. The van der Waals surface area contributed by atoms with Crippen LogP contribution in [0.4, 0.5) is 5.82 Å². The molecule has 0 spiro atoms. The molecule has 2 heterocycles. The highest BCUT2D eigenvalue weighted by molar-refractivity contribution is 6.05. The number of fused-ring (bicyclic) bond motifs is 1. The highest BCUT2D eigenvalue weighted by Gasteiger charge is 2.45. The molecule has 1 unspecified atom stereocenters. The molecule has 17 heavy (non-hydrogen) atoms. The van der Waals surface area contributed by atoms with Gasteiger partial charge in [-0.25, -0.2) is 0 Å². The Morgan fingerprint density at radius 1 is 1.47 bits per heavy atom. The molecule has 1 aliphatic heterocycles. The summed E-state index contributed by atoms with van der Waals surface area (Å²) in [6, 6.07) is 1.90. The van der Waals surface area contributed by atoms with Gasteiger partial charge in [-0.05, 0) is 39.5 Å². The molecule has 1 aromatic rings. The van der Waals surface area contributed by atoms with Crippen LogP contribution < -0.4 is 5.32 Å². The van der Waals surface area contributed by atoms with Crippen LogP contribution in [0.3, 0.4) is 0 Å². The SMILES string of the molecule is CCC1(CCN(C)C)C(=O)Nc2nnccc21. The van der Waals surface area contributed by atoms with E-state index in [1.54, 1.807) is 6.20 Å². The number of nitrogens with zero attached hydrogens (tertiary/aromatic N) is 3. The fourth-order valence-electron chi connectivity index (χ4n) is 2.35. The van der Waals surface area contributed by atoms with Gasteiger partial charge < -0.3 is 10.2 Å². The number of carbonyl (C=O) groups excluding carboxylic acids is 1. The van der Waals surface area contributed by atoms with Crippen LogP contribution in [-0.4, -0.2) is 41.6 Å². The van der Waals surface area contributed by atoms with Crippen LogP contribution in [0.1, 0.15) is 25.3 Å². The predicted molar refractivity (Wildman–Crippen MR) is 65.8 cm³/mol. The molecular weight excluding hydrogens is 216 g/mol. The molecule has 0 radical (unpaired) electrons. The van der Waals surface area contributed by atoms with Crippen molar-refractivity contribution in [2.45, 2.75) is 25.2 Å². The number of amides is 1. The van der Waals surface area contributed by atoms with Crippen LogP contribution >= 0.6 is 0 Å². The lowest BCUT2D eigenvalue weighted by atomic mass is 9.77. The van der Waals surface area contributed by atoms with E-state index in [1.165, 1.54) is 0 Å². The van der Waals surface area contributed by atoms with E-state index in [0.29, 0.717) is 5.82 Å². The third kappa shape index (κ3) is 1.91. The minimum Gasteiger partial charge on any atom is -0.309 e. The van der Waals surface area contributed by atoms with Gasteiger partial charge >= 0.3 is 0 Å². The Morgan fingerprint density at radius 2 is 2.24 bits per heavy atom. The summed E-state index contributed by atoms with van der Waals surface area (Å²) in [5.41, 5.74) is 0.553.